The maximum absolute atomic E-state index is 9.11. The third kappa shape index (κ3) is 3.22. The molecule has 0 saturated carbocycles. The van der Waals surface area contributed by atoms with E-state index in [1.165, 1.54) is 5.56 Å². The van der Waals surface area contributed by atoms with Gasteiger partial charge in [0.2, 0.25) is 0 Å². The Morgan fingerprint density at radius 2 is 1.80 bits per heavy atom. The Bertz CT molecular complexity index is 288. The lowest BCUT2D eigenvalue weighted by atomic mass is 10.1. The third-order valence-corrected chi connectivity index (χ3v) is 2.53. The van der Waals surface area contributed by atoms with Crippen molar-refractivity contribution in [2.75, 3.05) is 13.2 Å². The summed E-state index contributed by atoms with van der Waals surface area (Å²) in [6.45, 7) is 1.45. The molecule has 0 bridgehead atoms. The molecule has 1 saturated heterocycles. The van der Waals surface area contributed by atoms with Crippen LogP contribution in [0.3, 0.4) is 0 Å². The fraction of sp³-hybridized carbons (Fsp3) is 0.500. The maximum Gasteiger partial charge on any atom is 0.157 e. The second-order valence-corrected chi connectivity index (χ2v) is 3.73. The number of hydrogen-bond acceptors (Lipinski definition) is 3. The molecule has 0 amide bonds. The summed E-state index contributed by atoms with van der Waals surface area (Å²) < 4.78 is 10.7. The van der Waals surface area contributed by atoms with Gasteiger partial charge in [0.1, 0.15) is 5.75 Å². The highest BCUT2D eigenvalue weighted by atomic mass is 16.7. The number of ether oxygens (including phenoxy) is 2. The second-order valence-electron chi connectivity index (χ2n) is 3.73. The van der Waals surface area contributed by atoms with Crippen LogP contribution in [0.15, 0.2) is 24.3 Å². The van der Waals surface area contributed by atoms with Crippen molar-refractivity contribution in [1.29, 1.82) is 0 Å². The Labute approximate surface area is 89.6 Å². The van der Waals surface area contributed by atoms with Crippen molar-refractivity contribution in [2.24, 2.45) is 0 Å². The van der Waals surface area contributed by atoms with Crippen LogP contribution in [-0.4, -0.2) is 24.6 Å². The van der Waals surface area contributed by atoms with E-state index in [0.717, 1.165) is 32.5 Å². The van der Waals surface area contributed by atoms with Crippen LogP contribution in [0.2, 0.25) is 0 Å². The molecule has 1 N–H and O–H groups in total. The van der Waals surface area contributed by atoms with Gasteiger partial charge in [0.25, 0.3) is 0 Å². The van der Waals surface area contributed by atoms with E-state index in [0.29, 0.717) is 5.75 Å². The molecule has 3 nitrogen and oxygen atoms in total. The fourth-order valence-corrected chi connectivity index (χ4v) is 1.71. The van der Waals surface area contributed by atoms with E-state index >= 15 is 0 Å². The largest absolute Gasteiger partial charge is 0.508 e. The summed E-state index contributed by atoms with van der Waals surface area (Å²) in [4.78, 5) is 0. The Morgan fingerprint density at radius 3 is 2.47 bits per heavy atom. The van der Waals surface area contributed by atoms with E-state index in [-0.39, 0.29) is 6.29 Å². The molecule has 0 atom stereocenters. The van der Waals surface area contributed by atoms with Crippen molar-refractivity contribution in [3.05, 3.63) is 29.8 Å². The highest BCUT2D eigenvalue weighted by Gasteiger charge is 2.14. The van der Waals surface area contributed by atoms with Gasteiger partial charge >= 0.3 is 0 Å². The zero-order valence-corrected chi connectivity index (χ0v) is 8.69. The Balaban J connectivity index is 1.71. The summed E-state index contributed by atoms with van der Waals surface area (Å²) in [5.74, 6) is 0.321. The lowest BCUT2D eigenvalue weighted by Gasteiger charge is -2.08. The van der Waals surface area contributed by atoms with Crippen molar-refractivity contribution < 1.29 is 14.6 Å². The summed E-state index contributed by atoms with van der Waals surface area (Å²) in [6.07, 6.45) is 3.00. The molecule has 2 rings (SSSR count). The van der Waals surface area contributed by atoms with E-state index in [2.05, 4.69) is 0 Å². The minimum Gasteiger partial charge on any atom is -0.508 e. The summed E-state index contributed by atoms with van der Waals surface area (Å²) in [5, 5.41) is 9.11. The van der Waals surface area contributed by atoms with E-state index < -0.39 is 0 Å². The number of phenolic OH excluding ortho intramolecular Hbond substituents is 1. The minimum absolute atomic E-state index is 0.00196. The lowest BCUT2D eigenvalue weighted by molar-refractivity contribution is -0.0475. The Morgan fingerprint density at radius 1 is 1.13 bits per heavy atom. The molecule has 0 unspecified atom stereocenters. The highest BCUT2D eigenvalue weighted by Crippen LogP contribution is 2.15. The van der Waals surface area contributed by atoms with E-state index in [4.69, 9.17) is 14.6 Å². The summed E-state index contributed by atoms with van der Waals surface area (Å²) in [7, 11) is 0. The molecule has 0 aromatic heterocycles. The minimum atomic E-state index is 0.00196. The monoisotopic (exact) mass is 208 g/mol. The van der Waals surface area contributed by atoms with Crippen LogP contribution in [0.25, 0.3) is 0 Å². The van der Waals surface area contributed by atoms with Gasteiger partial charge in [0, 0.05) is 0 Å². The maximum atomic E-state index is 9.11. The van der Waals surface area contributed by atoms with Crippen LogP contribution < -0.4 is 0 Å². The standard InChI is InChI=1S/C12H16O3/c13-11-6-4-10(5-7-11)2-1-3-12-14-8-9-15-12/h4-7,12-13H,1-3,8-9H2. The van der Waals surface area contributed by atoms with E-state index in [1.54, 1.807) is 12.1 Å². The van der Waals surface area contributed by atoms with Gasteiger partial charge in [-0.05, 0) is 37.0 Å². The van der Waals surface area contributed by atoms with E-state index in [9.17, 15) is 0 Å². The van der Waals surface area contributed by atoms with Gasteiger partial charge in [-0.25, -0.2) is 0 Å². The molecule has 1 aliphatic rings. The first kappa shape index (κ1) is 10.5. The van der Waals surface area contributed by atoms with Crippen LogP contribution in [0.5, 0.6) is 5.75 Å². The molecule has 1 aliphatic heterocycles. The summed E-state index contributed by atoms with van der Waals surface area (Å²) in [6, 6.07) is 7.34. The zero-order chi connectivity index (χ0) is 10.5. The van der Waals surface area contributed by atoms with Gasteiger partial charge in [-0.2, -0.15) is 0 Å². The molecule has 0 radical (unpaired) electrons. The van der Waals surface area contributed by atoms with Crippen molar-refractivity contribution in [3.63, 3.8) is 0 Å². The molecular formula is C12H16O3. The Kier molecular flexibility index (Phi) is 3.59. The summed E-state index contributed by atoms with van der Waals surface area (Å²) in [5.41, 5.74) is 1.24. The smallest absolute Gasteiger partial charge is 0.157 e. The number of aromatic hydroxyl groups is 1. The van der Waals surface area contributed by atoms with Gasteiger partial charge in [-0.1, -0.05) is 12.1 Å². The van der Waals surface area contributed by atoms with E-state index in [1.807, 2.05) is 12.1 Å². The molecule has 1 heterocycles. The molecule has 82 valence electrons. The first-order valence-electron chi connectivity index (χ1n) is 5.36. The molecule has 0 aliphatic carbocycles. The van der Waals surface area contributed by atoms with Crippen LogP contribution in [0.4, 0.5) is 0 Å². The first-order chi connectivity index (χ1) is 7.34. The van der Waals surface area contributed by atoms with Gasteiger partial charge in [0.05, 0.1) is 13.2 Å². The molecule has 0 spiro atoms. The SMILES string of the molecule is Oc1ccc(CCCC2OCCO2)cc1. The van der Waals surface area contributed by atoms with Crippen LogP contribution in [-0.2, 0) is 15.9 Å². The second kappa shape index (κ2) is 5.14. The average molecular weight is 208 g/mol. The van der Waals surface area contributed by atoms with Crippen molar-refractivity contribution in [1.82, 2.24) is 0 Å². The van der Waals surface area contributed by atoms with Crippen molar-refractivity contribution >= 4 is 0 Å². The van der Waals surface area contributed by atoms with Gasteiger partial charge < -0.3 is 14.6 Å². The van der Waals surface area contributed by atoms with Gasteiger partial charge in [-0.3, -0.25) is 0 Å². The highest BCUT2D eigenvalue weighted by molar-refractivity contribution is 5.25. The predicted molar refractivity (Wildman–Crippen MR) is 56.7 cm³/mol. The van der Waals surface area contributed by atoms with Crippen LogP contribution in [0, 0.1) is 0 Å². The number of benzene rings is 1. The molecule has 1 fully saturated rings. The predicted octanol–water partition coefficient (Wildman–Crippen LogP) is 2.09. The third-order valence-electron chi connectivity index (χ3n) is 2.53. The zero-order valence-electron chi connectivity index (χ0n) is 8.69. The quantitative estimate of drug-likeness (QED) is 0.823. The molecule has 1 aromatic carbocycles. The average Bonchev–Trinajstić information content (AvgIpc) is 2.74. The number of rotatable bonds is 4. The molecule has 1 aromatic rings. The van der Waals surface area contributed by atoms with Crippen LogP contribution >= 0.6 is 0 Å². The molecule has 15 heavy (non-hydrogen) atoms. The van der Waals surface area contributed by atoms with Gasteiger partial charge in [-0.15, -0.1) is 0 Å². The molecule has 3 heteroatoms. The number of hydrogen-bond donors (Lipinski definition) is 1. The van der Waals surface area contributed by atoms with Crippen molar-refractivity contribution in [3.8, 4) is 5.75 Å². The Hall–Kier alpha value is -1.06. The van der Waals surface area contributed by atoms with Gasteiger partial charge in [0.15, 0.2) is 6.29 Å². The number of aryl methyl sites for hydroxylation is 1. The topological polar surface area (TPSA) is 38.7 Å². The lowest BCUT2D eigenvalue weighted by Crippen LogP contribution is -2.07. The molecular weight excluding hydrogens is 192 g/mol. The first-order valence-corrected chi connectivity index (χ1v) is 5.36. The normalized spacial score (nSPS) is 17.1. The number of phenols is 1. The fourth-order valence-electron chi connectivity index (χ4n) is 1.71. The van der Waals surface area contributed by atoms with Crippen LogP contribution in [0.1, 0.15) is 18.4 Å². The summed E-state index contributed by atoms with van der Waals surface area (Å²) >= 11 is 0. The van der Waals surface area contributed by atoms with Crippen molar-refractivity contribution in [2.45, 2.75) is 25.6 Å².